The van der Waals surface area contributed by atoms with Gasteiger partial charge in [0.05, 0.1) is 10.6 Å². The molecule has 1 aromatic carbocycles. The highest BCUT2D eigenvalue weighted by Gasteiger charge is 2.15. The van der Waals surface area contributed by atoms with Crippen LogP contribution in [0.4, 0.5) is 10.8 Å². The van der Waals surface area contributed by atoms with Crippen LogP contribution in [0.5, 0.6) is 11.5 Å². The number of fused-ring (bicyclic) bond motifs is 1. The third-order valence-corrected chi connectivity index (χ3v) is 3.91. The van der Waals surface area contributed by atoms with E-state index in [0.717, 1.165) is 17.1 Å². The van der Waals surface area contributed by atoms with Crippen molar-refractivity contribution in [2.24, 2.45) is 0 Å². The number of Topliss-reactive ketones (excluding diaryl/α,β-unsaturated/α-hetero) is 1. The van der Waals surface area contributed by atoms with Crippen LogP contribution in [0, 0.1) is 6.92 Å². The molecule has 2 heterocycles. The summed E-state index contributed by atoms with van der Waals surface area (Å²) < 4.78 is 10.6. The van der Waals surface area contributed by atoms with Gasteiger partial charge >= 0.3 is 0 Å². The van der Waals surface area contributed by atoms with Crippen molar-refractivity contribution in [1.82, 2.24) is 4.98 Å². The molecule has 0 fully saturated rings. The minimum Gasteiger partial charge on any atom is -0.454 e. The first-order chi connectivity index (χ1) is 9.13. The number of hydrogen-bond donors (Lipinski definition) is 1. The molecule has 1 aliphatic rings. The molecule has 0 saturated carbocycles. The van der Waals surface area contributed by atoms with E-state index in [9.17, 15) is 4.79 Å². The van der Waals surface area contributed by atoms with E-state index in [1.807, 2.05) is 25.1 Å². The topological polar surface area (TPSA) is 60.5 Å². The maximum atomic E-state index is 11.4. The van der Waals surface area contributed by atoms with Crippen LogP contribution >= 0.6 is 23.7 Å². The lowest BCUT2D eigenvalue weighted by Crippen LogP contribution is -1.93. The van der Waals surface area contributed by atoms with Gasteiger partial charge in [-0.05, 0) is 19.1 Å². The number of halogens is 1. The summed E-state index contributed by atoms with van der Waals surface area (Å²) in [5.41, 5.74) is 1.61. The summed E-state index contributed by atoms with van der Waals surface area (Å²) >= 11 is 1.35. The number of ether oxygens (including phenoxy) is 2. The van der Waals surface area contributed by atoms with Gasteiger partial charge in [0.15, 0.2) is 22.4 Å². The molecule has 0 bridgehead atoms. The number of carbonyl (C=O) groups excluding carboxylic acids is 1. The Balaban J connectivity index is 0.00000147. The van der Waals surface area contributed by atoms with Crippen molar-refractivity contribution >= 4 is 40.3 Å². The van der Waals surface area contributed by atoms with Crippen LogP contribution in [-0.4, -0.2) is 17.6 Å². The van der Waals surface area contributed by atoms with Gasteiger partial charge in [0.2, 0.25) is 6.79 Å². The smallest absolute Gasteiger partial charge is 0.231 e. The monoisotopic (exact) mass is 312 g/mol. The third-order valence-electron chi connectivity index (χ3n) is 2.74. The zero-order chi connectivity index (χ0) is 13.4. The number of rotatable bonds is 3. The van der Waals surface area contributed by atoms with Crippen molar-refractivity contribution in [3.63, 3.8) is 0 Å². The van der Waals surface area contributed by atoms with Crippen LogP contribution in [0.2, 0.25) is 0 Å². The SMILES string of the molecule is CC(=O)c1sc(Nc2ccc3c(c2)OCO3)nc1C.Cl. The molecule has 0 amide bonds. The van der Waals surface area contributed by atoms with E-state index < -0.39 is 0 Å². The number of aryl methyl sites for hydroxylation is 1. The predicted octanol–water partition coefficient (Wildman–Crippen LogP) is 3.55. The Kier molecular flexibility index (Phi) is 4.15. The van der Waals surface area contributed by atoms with Crippen LogP contribution in [0.15, 0.2) is 18.2 Å². The van der Waals surface area contributed by atoms with Crippen molar-refractivity contribution in [2.45, 2.75) is 13.8 Å². The summed E-state index contributed by atoms with van der Waals surface area (Å²) in [6.45, 7) is 3.63. The predicted molar refractivity (Wildman–Crippen MR) is 80.0 cm³/mol. The first kappa shape index (κ1) is 14.6. The van der Waals surface area contributed by atoms with Gasteiger partial charge in [0, 0.05) is 18.7 Å². The number of hydrogen-bond acceptors (Lipinski definition) is 6. The van der Waals surface area contributed by atoms with Crippen molar-refractivity contribution in [2.75, 3.05) is 12.1 Å². The van der Waals surface area contributed by atoms with E-state index in [-0.39, 0.29) is 25.0 Å². The zero-order valence-electron chi connectivity index (χ0n) is 10.9. The van der Waals surface area contributed by atoms with Crippen LogP contribution in [0.1, 0.15) is 22.3 Å². The summed E-state index contributed by atoms with van der Waals surface area (Å²) in [7, 11) is 0. The number of nitrogens with one attached hydrogen (secondary N) is 1. The molecule has 0 spiro atoms. The van der Waals surface area contributed by atoms with Gasteiger partial charge in [0.1, 0.15) is 0 Å². The number of thiazole rings is 1. The first-order valence-electron chi connectivity index (χ1n) is 5.78. The molecule has 1 N–H and O–H groups in total. The second-order valence-electron chi connectivity index (χ2n) is 4.18. The molecular formula is C13H13ClN2O3S. The Morgan fingerprint density at radius 2 is 2.10 bits per heavy atom. The molecule has 7 heteroatoms. The molecule has 0 radical (unpaired) electrons. The van der Waals surface area contributed by atoms with E-state index in [0.29, 0.717) is 15.8 Å². The van der Waals surface area contributed by atoms with Crippen LogP contribution in [-0.2, 0) is 0 Å². The number of benzene rings is 1. The number of anilines is 2. The Morgan fingerprint density at radius 3 is 2.80 bits per heavy atom. The van der Waals surface area contributed by atoms with E-state index in [1.54, 1.807) is 6.92 Å². The zero-order valence-corrected chi connectivity index (χ0v) is 12.6. The summed E-state index contributed by atoms with van der Waals surface area (Å²) in [4.78, 5) is 16.4. The lowest BCUT2D eigenvalue weighted by Gasteiger charge is -2.03. The fourth-order valence-electron chi connectivity index (χ4n) is 1.87. The highest BCUT2D eigenvalue weighted by molar-refractivity contribution is 7.17. The van der Waals surface area contributed by atoms with Gasteiger partial charge in [-0.15, -0.1) is 12.4 Å². The van der Waals surface area contributed by atoms with Crippen LogP contribution in [0.25, 0.3) is 0 Å². The van der Waals surface area contributed by atoms with E-state index in [2.05, 4.69) is 10.3 Å². The number of aromatic nitrogens is 1. The normalized spacial score (nSPS) is 11.9. The lowest BCUT2D eigenvalue weighted by molar-refractivity contribution is 0.102. The molecule has 106 valence electrons. The Morgan fingerprint density at radius 1 is 1.35 bits per heavy atom. The second-order valence-corrected chi connectivity index (χ2v) is 5.18. The standard InChI is InChI=1S/C13H12N2O3S.ClH/c1-7-12(8(2)16)19-13(14-7)15-9-3-4-10-11(5-9)18-6-17-10;/h3-5H,6H2,1-2H3,(H,14,15);1H. The molecule has 0 atom stereocenters. The fourth-order valence-corrected chi connectivity index (χ4v) is 2.76. The largest absolute Gasteiger partial charge is 0.454 e. The quantitative estimate of drug-likeness (QED) is 0.878. The van der Waals surface area contributed by atoms with Crippen LogP contribution in [0.3, 0.4) is 0 Å². The average Bonchev–Trinajstić information content (AvgIpc) is 2.95. The van der Waals surface area contributed by atoms with E-state index in [1.165, 1.54) is 11.3 Å². The molecule has 1 aliphatic heterocycles. The van der Waals surface area contributed by atoms with Crippen molar-refractivity contribution in [3.05, 3.63) is 28.8 Å². The van der Waals surface area contributed by atoms with Gasteiger partial charge in [-0.25, -0.2) is 4.98 Å². The third kappa shape index (κ3) is 2.71. The Hall–Kier alpha value is -1.79. The number of carbonyl (C=O) groups is 1. The first-order valence-corrected chi connectivity index (χ1v) is 6.60. The summed E-state index contributed by atoms with van der Waals surface area (Å²) in [6, 6.07) is 5.58. The molecule has 1 aromatic heterocycles. The fraction of sp³-hybridized carbons (Fsp3) is 0.231. The molecular weight excluding hydrogens is 300 g/mol. The molecule has 0 unspecified atom stereocenters. The minimum absolute atomic E-state index is 0. The molecule has 0 aliphatic carbocycles. The molecule has 0 saturated heterocycles. The van der Waals surface area contributed by atoms with Gasteiger partial charge in [-0.2, -0.15) is 0 Å². The molecule has 3 rings (SSSR count). The van der Waals surface area contributed by atoms with Crippen molar-refractivity contribution < 1.29 is 14.3 Å². The number of ketones is 1. The summed E-state index contributed by atoms with van der Waals surface area (Å²) in [6.07, 6.45) is 0. The van der Waals surface area contributed by atoms with Crippen molar-refractivity contribution in [1.29, 1.82) is 0 Å². The number of nitrogens with zero attached hydrogens (tertiary/aromatic N) is 1. The van der Waals surface area contributed by atoms with Gasteiger partial charge in [0.25, 0.3) is 0 Å². The second kappa shape index (κ2) is 5.68. The highest BCUT2D eigenvalue weighted by Crippen LogP contribution is 2.35. The van der Waals surface area contributed by atoms with Gasteiger partial charge < -0.3 is 14.8 Å². The molecule has 5 nitrogen and oxygen atoms in total. The summed E-state index contributed by atoms with van der Waals surface area (Å²) in [5.74, 6) is 1.49. The lowest BCUT2D eigenvalue weighted by atomic mass is 10.3. The van der Waals surface area contributed by atoms with Gasteiger partial charge in [-0.3, -0.25) is 4.79 Å². The summed E-state index contributed by atoms with van der Waals surface area (Å²) in [5, 5.41) is 3.87. The average molecular weight is 313 g/mol. The molecule has 20 heavy (non-hydrogen) atoms. The highest BCUT2D eigenvalue weighted by atomic mass is 35.5. The van der Waals surface area contributed by atoms with Crippen LogP contribution < -0.4 is 14.8 Å². The Labute approximate surface area is 126 Å². The molecule has 2 aromatic rings. The van der Waals surface area contributed by atoms with E-state index in [4.69, 9.17) is 9.47 Å². The Bertz CT molecular complexity index is 657. The maximum absolute atomic E-state index is 11.4. The van der Waals surface area contributed by atoms with Crippen molar-refractivity contribution in [3.8, 4) is 11.5 Å². The maximum Gasteiger partial charge on any atom is 0.231 e. The van der Waals surface area contributed by atoms with E-state index >= 15 is 0 Å². The van der Waals surface area contributed by atoms with Gasteiger partial charge in [-0.1, -0.05) is 11.3 Å². The minimum atomic E-state index is 0.